The van der Waals surface area contributed by atoms with Gasteiger partial charge in [-0.05, 0) is 113 Å². The number of rotatable bonds is 6. The van der Waals surface area contributed by atoms with Gasteiger partial charge in [0.1, 0.15) is 6.04 Å². The number of nitrogens with one attached hydrogen (secondary N) is 2. The number of hydrogen-bond donors (Lipinski definition) is 3. The third-order valence-corrected chi connectivity index (χ3v) is 13.3. The van der Waals surface area contributed by atoms with E-state index < -0.39 is 17.4 Å². The topological polar surface area (TPSA) is 197 Å². The van der Waals surface area contributed by atoms with E-state index in [0.29, 0.717) is 65.0 Å². The number of imide groups is 1. The summed E-state index contributed by atoms with van der Waals surface area (Å²) in [6.45, 7) is 11.2. The minimum Gasteiger partial charge on any atom is -0.477 e. The molecule has 0 saturated carbocycles. The molecule has 4 aromatic rings. The van der Waals surface area contributed by atoms with Crippen LogP contribution in [0.4, 0.5) is 11.6 Å². The highest BCUT2D eigenvalue weighted by atomic mass is 16.5. The molecule has 2 atom stereocenters. The smallest absolute Gasteiger partial charge is 0.258 e. The van der Waals surface area contributed by atoms with Gasteiger partial charge in [-0.15, -0.1) is 0 Å². The molecule has 4 aliphatic rings. The summed E-state index contributed by atoms with van der Waals surface area (Å²) in [4.78, 5) is 86.3. The zero-order valence-corrected chi connectivity index (χ0v) is 37.6. The Morgan fingerprint density at radius 3 is 2.55 bits per heavy atom. The fourth-order valence-corrected chi connectivity index (χ4v) is 9.83. The lowest BCUT2D eigenvalue weighted by atomic mass is 9.82. The Labute approximate surface area is 373 Å². The fraction of sp³-hybridized carbons (Fsp3) is 0.458. The van der Waals surface area contributed by atoms with Crippen LogP contribution in [0.2, 0.25) is 0 Å². The molecule has 64 heavy (non-hydrogen) atoms. The van der Waals surface area contributed by atoms with Crippen LogP contribution in [0.1, 0.15) is 103 Å². The number of pyridine rings is 1. The third kappa shape index (κ3) is 8.50. The molecule has 16 nitrogen and oxygen atoms in total. The number of ether oxygens (including phenoxy) is 1. The summed E-state index contributed by atoms with van der Waals surface area (Å²) in [6, 6.07) is 14.2. The van der Waals surface area contributed by atoms with E-state index in [1.165, 1.54) is 6.20 Å². The second-order valence-electron chi connectivity index (χ2n) is 18.1. The second-order valence-corrected chi connectivity index (χ2v) is 18.1. The van der Waals surface area contributed by atoms with Gasteiger partial charge in [-0.2, -0.15) is 0 Å². The Morgan fingerprint density at radius 2 is 1.81 bits per heavy atom. The number of anilines is 2. The quantitative estimate of drug-likeness (QED) is 0.223. The Kier molecular flexibility index (Phi) is 12.4. The van der Waals surface area contributed by atoms with Crippen molar-refractivity contribution >= 4 is 63.7 Å². The maximum Gasteiger partial charge on any atom is 0.258 e. The van der Waals surface area contributed by atoms with Crippen LogP contribution < -0.4 is 21.3 Å². The summed E-state index contributed by atoms with van der Waals surface area (Å²) in [7, 11) is 3.51. The minimum atomic E-state index is -0.814. The molecule has 336 valence electrons. The third-order valence-electron chi connectivity index (χ3n) is 13.3. The van der Waals surface area contributed by atoms with Crippen LogP contribution in [-0.2, 0) is 37.5 Å². The highest BCUT2D eigenvalue weighted by Crippen LogP contribution is 2.45. The van der Waals surface area contributed by atoms with Crippen LogP contribution in [0, 0.1) is 12.8 Å². The van der Waals surface area contributed by atoms with Crippen LogP contribution in [0.15, 0.2) is 59.7 Å². The largest absolute Gasteiger partial charge is 0.477 e. The number of fused-ring (bicyclic) bond motifs is 6. The fourth-order valence-electron chi connectivity index (χ4n) is 9.83. The molecule has 8 rings (SSSR count). The molecule has 0 spiro atoms. The highest BCUT2D eigenvalue weighted by Gasteiger charge is 2.50. The van der Waals surface area contributed by atoms with Gasteiger partial charge in [-0.3, -0.25) is 49.5 Å². The van der Waals surface area contributed by atoms with Crippen LogP contribution in [0.5, 0.6) is 0 Å². The summed E-state index contributed by atoms with van der Waals surface area (Å²) in [6.07, 6.45) is 5.84. The number of carbonyl (C=O) groups excluding carboxylic acids is 5. The average molecular weight is 871 g/mol. The van der Waals surface area contributed by atoms with Gasteiger partial charge < -0.3 is 24.8 Å². The Balaban J connectivity index is 0.953. The predicted molar refractivity (Wildman–Crippen MR) is 245 cm³/mol. The van der Waals surface area contributed by atoms with Crippen LogP contribution >= 0.6 is 0 Å². The molecule has 2 aromatic heterocycles. The number of aryl methyl sites for hydroxylation is 1. The van der Waals surface area contributed by atoms with Crippen LogP contribution in [0.3, 0.4) is 0 Å². The molecule has 2 bridgehead atoms. The molecule has 0 radical (unpaired) electrons. The number of aliphatic imine (C=N–C) groups is 1. The number of likely N-dealkylation sites (tertiary alicyclic amines) is 1. The molecule has 2 aromatic carbocycles. The normalized spacial score (nSPS) is 22.4. The molecule has 1 unspecified atom stereocenters. The number of amides is 5. The van der Waals surface area contributed by atoms with Gasteiger partial charge in [-0.1, -0.05) is 19.1 Å². The molecule has 5 amide bonds. The number of piperidine rings is 2. The first-order chi connectivity index (χ1) is 30.7. The van der Waals surface area contributed by atoms with E-state index in [1.54, 1.807) is 24.1 Å². The van der Waals surface area contributed by atoms with E-state index in [0.717, 1.165) is 74.1 Å². The van der Waals surface area contributed by atoms with Crippen molar-refractivity contribution in [2.75, 3.05) is 50.6 Å². The number of nitrogens with two attached hydrogens (primary N) is 1. The first-order valence-corrected chi connectivity index (χ1v) is 22.3. The first-order valence-electron chi connectivity index (χ1n) is 22.3. The van der Waals surface area contributed by atoms with E-state index >= 15 is 0 Å². The Morgan fingerprint density at radius 1 is 1.03 bits per heavy atom. The number of carbonyl (C=O) groups is 5. The van der Waals surface area contributed by atoms with Crippen molar-refractivity contribution in [3.8, 4) is 0 Å². The van der Waals surface area contributed by atoms with E-state index in [4.69, 9.17) is 15.5 Å². The minimum absolute atomic E-state index is 0.0466. The average Bonchev–Trinajstić information content (AvgIpc) is 3.71. The summed E-state index contributed by atoms with van der Waals surface area (Å²) in [5, 5.41) is 5.46. The lowest BCUT2D eigenvalue weighted by molar-refractivity contribution is -0.136. The van der Waals surface area contributed by atoms with E-state index in [9.17, 15) is 24.0 Å². The van der Waals surface area contributed by atoms with E-state index in [2.05, 4.69) is 38.5 Å². The summed E-state index contributed by atoms with van der Waals surface area (Å²) < 4.78 is 8.08. The van der Waals surface area contributed by atoms with Crippen LogP contribution in [-0.4, -0.2) is 112 Å². The molecule has 6 heterocycles. The van der Waals surface area contributed by atoms with Gasteiger partial charge in [-0.25, -0.2) is 4.98 Å². The molecule has 0 aliphatic carbocycles. The molecular weight excluding hydrogens is 813 g/mol. The lowest BCUT2D eigenvalue weighted by Gasteiger charge is -2.37. The molecule has 2 saturated heterocycles. The van der Waals surface area contributed by atoms with Gasteiger partial charge in [0.25, 0.3) is 11.8 Å². The summed E-state index contributed by atoms with van der Waals surface area (Å²) >= 11 is 0. The van der Waals surface area contributed by atoms with Crippen molar-refractivity contribution in [3.63, 3.8) is 0 Å². The standard InChI is InChI=1S/C48H58N10O6/c1-28-9-8-22-64-44(50-5)34(26-49)36-24-32(23-29(2)51-36)42(60)54-47-52-35-13-12-31(25-39(35)57(47)27-28)45(62)55(6)33-17-20-56(21-18-33)19-16-30-10-7-11-37-41(30)48(3,4)46(63)58(37)38-14-15-40(59)53-43(38)61/h7,10-13,23-26,28,33,38H,8-9,14-22,27,49H2,1-6H3,(H,52,54,60)(H,53,59,61)/t28-,38?/m1/s1. The lowest BCUT2D eigenvalue weighted by Crippen LogP contribution is -2.55. The maximum absolute atomic E-state index is 14.2. The van der Waals surface area contributed by atoms with Gasteiger partial charge in [0.05, 0.1) is 34.3 Å². The number of nitrogens with zero attached hydrogens (tertiary/aromatic N) is 7. The van der Waals surface area contributed by atoms with Crippen molar-refractivity contribution in [3.05, 3.63) is 88.4 Å². The van der Waals surface area contributed by atoms with Crippen molar-refractivity contribution < 1.29 is 28.7 Å². The Bertz CT molecular complexity index is 2590. The Hall–Kier alpha value is -6.42. The van der Waals surface area contributed by atoms with E-state index in [-0.39, 0.29) is 42.0 Å². The van der Waals surface area contributed by atoms with Gasteiger partial charge in [0.15, 0.2) is 0 Å². The monoisotopic (exact) mass is 870 g/mol. The number of hydrogen-bond acceptors (Lipinski definition) is 11. The van der Waals surface area contributed by atoms with Crippen molar-refractivity contribution in [1.82, 2.24) is 29.7 Å². The number of benzene rings is 2. The molecule has 2 fully saturated rings. The molecular formula is C48H58N10O6. The summed E-state index contributed by atoms with van der Waals surface area (Å²) in [5.41, 5.74) is 11.9. The molecule has 4 N–H and O–H groups in total. The SMILES string of the molecule is CN=C1OCCC[C@@H](C)Cn2c(nc3ccc(C(=O)N(C)C4CCN(CCc5cccc6c5C(C)(C)C(=O)N6C5CCC(=O)NC5=O)CC4)cc32)NC(=O)c2cc(C)nc(c2)C1=CN. The first kappa shape index (κ1) is 44.2. The maximum atomic E-state index is 14.2. The van der Waals surface area contributed by atoms with Gasteiger partial charge in [0, 0.05) is 81.4 Å². The van der Waals surface area contributed by atoms with Crippen molar-refractivity contribution in [1.29, 1.82) is 0 Å². The highest BCUT2D eigenvalue weighted by molar-refractivity contribution is 6.19. The van der Waals surface area contributed by atoms with E-state index in [1.807, 2.05) is 67.6 Å². The molecule has 16 heteroatoms. The number of imidazole rings is 1. The second kappa shape index (κ2) is 18.0. The van der Waals surface area contributed by atoms with Crippen molar-refractivity contribution in [2.24, 2.45) is 16.6 Å². The van der Waals surface area contributed by atoms with Gasteiger partial charge >= 0.3 is 0 Å². The summed E-state index contributed by atoms with van der Waals surface area (Å²) in [5.74, 6) is -0.371. The predicted octanol–water partition coefficient (Wildman–Crippen LogP) is 4.97. The van der Waals surface area contributed by atoms with Crippen molar-refractivity contribution in [2.45, 2.75) is 96.7 Å². The molecule has 4 aliphatic heterocycles. The zero-order chi connectivity index (χ0) is 45.4. The number of aromatic nitrogens is 3. The zero-order valence-electron chi connectivity index (χ0n) is 37.6. The van der Waals surface area contributed by atoms with Crippen LogP contribution in [0.25, 0.3) is 16.6 Å². The van der Waals surface area contributed by atoms with Gasteiger partial charge in [0.2, 0.25) is 29.6 Å².